The van der Waals surface area contributed by atoms with Crippen molar-refractivity contribution in [1.29, 1.82) is 0 Å². The molecule has 2 rings (SSSR count). The minimum atomic E-state index is -0.108. The highest BCUT2D eigenvalue weighted by atomic mass is 79.9. The van der Waals surface area contributed by atoms with E-state index in [1.54, 1.807) is 4.68 Å². The van der Waals surface area contributed by atoms with Gasteiger partial charge < -0.3 is 5.32 Å². The molecule has 1 aliphatic carbocycles. The van der Waals surface area contributed by atoms with Crippen LogP contribution in [0, 0.1) is 19.8 Å². The Kier molecular flexibility index (Phi) is 4.57. The van der Waals surface area contributed by atoms with Crippen molar-refractivity contribution in [2.75, 3.05) is 5.33 Å². The number of nitrogens with one attached hydrogen (secondary N) is 1. The van der Waals surface area contributed by atoms with Crippen LogP contribution in [0.1, 0.15) is 54.4 Å². The van der Waals surface area contributed by atoms with E-state index in [-0.39, 0.29) is 11.4 Å². The number of hydrogen-bond donors (Lipinski definition) is 1. The Balaban J connectivity index is 2.21. The Morgan fingerprint density at radius 1 is 1.55 bits per heavy atom. The lowest BCUT2D eigenvalue weighted by atomic mass is 9.77. The molecule has 4 nitrogen and oxygen atoms in total. The Hall–Kier alpha value is -0.840. The highest BCUT2D eigenvalue weighted by Crippen LogP contribution is 2.34. The van der Waals surface area contributed by atoms with Gasteiger partial charge in [0, 0.05) is 18.1 Å². The monoisotopic (exact) mass is 341 g/mol. The van der Waals surface area contributed by atoms with Crippen molar-refractivity contribution < 1.29 is 4.79 Å². The standard InChI is InChI=1S/C15H24BrN3O/c1-10-6-5-7-15(8-10,9-16)17-14(20)13-11(2)18-19(4)12(13)3/h10H,5-9H2,1-4H3,(H,17,20). The van der Waals surface area contributed by atoms with Gasteiger partial charge in [0.2, 0.25) is 0 Å². The van der Waals surface area contributed by atoms with E-state index in [1.807, 2.05) is 20.9 Å². The molecule has 1 aromatic heterocycles. The van der Waals surface area contributed by atoms with Crippen LogP contribution in [-0.2, 0) is 7.05 Å². The highest BCUT2D eigenvalue weighted by Gasteiger charge is 2.36. The number of aromatic nitrogens is 2. The molecule has 1 N–H and O–H groups in total. The van der Waals surface area contributed by atoms with E-state index in [0.717, 1.165) is 35.1 Å². The summed E-state index contributed by atoms with van der Waals surface area (Å²) in [6, 6.07) is 0. The maximum atomic E-state index is 12.7. The molecule has 0 radical (unpaired) electrons. The fourth-order valence-corrected chi connectivity index (χ4v) is 3.98. The number of rotatable bonds is 3. The van der Waals surface area contributed by atoms with Crippen molar-refractivity contribution in [2.24, 2.45) is 13.0 Å². The number of hydrogen-bond acceptors (Lipinski definition) is 2. The van der Waals surface area contributed by atoms with Gasteiger partial charge in [0.1, 0.15) is 0 Å². The smallest absolute Gasteiger partial charge is 0.255 e. The first-order chi connectivity index (χ1) is 9.38. The number of alkyl halides is 1. The van der Waals surface area contributed by atoms with Crippen molar-refractivity contribution in [3.05, 3.63) is 17.0 Å². The number of carbonyl (C=O) groups is 1. The van der Waals surface area contributed by atoms with Crippen LogP contribution in [0.3, 0.4) is 0 Å². The Labute approximate surface area is 129 Å². The fraction of sp³-hybridized carbons (Fsp3) is 0.733. The molecule has 1 saturated carbocycles. The number of amides is 1. The summed E-state index contributed by atoms with van der Waals surface area (Å²) < 4.78 is 1.77. The lowest BCUT2D eigenvalue weighted by molar-refractivity contribution is 0.0868. The van der Waals surface area contributed by atoms with Gasteiger partial charge >= 0.3 is 0 Å². The summed E-state index contributed by atoms with van der Waals surface area (Å²) in [7, 11) is 1.88. The minimum absolute atomic E-state index is 0.0154. The minimum Gasteiger partial charge on any atom is -0.346 e. The van der Waals surface area contributed by atoms with E-state index >= 15 is 0 Å². The molecule has 1 heterocycles. The molecule has 1 fully saturated rings. The first-order valence-corrected chi connectivity index (χ1v) is 8.39. The molecule has 112 valence electrons. The number of nitrogens with zero attached hydrogens (tertiary/aromatic N) is 2. The topological polar surface area (TPSA) is 46.9 Å². The SMILES string of the molecule is Cc1nn(C)c(C)c1C(=O)NC1(CBr)CCCC(C)C1. The first-order valence-electron chi connectivity index (χ1n) is 7.27. The molecule has 0 aromatic carbocycles. The molecular weight excluding hydrogens is 318 g/mol. The molecule has 2 unspecified atom stereocenters. The quantitative estimate of drug-likeness (QED) is 0.858. The zero-order valence-corrected chi connectivity index (χ0v) is 14.4. The molecule has 0 spiro atoms. The second kappa shape index (κ2) is 5.88. The number of carbonyl (C=O) groups excluding carboxylic acids is 1. The van der Waals surface area contributed by atoms with Gasteiger partial charge in [-0.1, -0.05) is 35.7 Å². The van der Waals surface area contributed by atoms with E-state index in [4.69, 9.17) is 0 Å². The molecule has 0 aliphatic heterocycles. The van der Waals surface area contributed by atoms with Crippen molar-refractivity contribution in [3.8, 4) is 0 Å². The number of halogens is 1. The average molecular weight is 342 g/mol. The third-order valence-electron chi connectivity index (χ3n) is 4.46. The summed E-state index contributed by atoms with van der Waals surface area (Å²) >= 11 is 3.60. The Morgan fingerprint density at radius 3 is 2.75 bits per heavy atom. The van der Waals surface area contributed by atoms with Crippen LogP contribution in [0.4, 0.5) is 0 Å². The second-order valence-corrected chi connectivity index (χ2v) is 6.80. The predicted octanol–water partition coefficient (Wildman–Crippen LogP) is 3.11. The van der Waals surface area contributed by atoms with Crippen LogP contribution in [0.25, 0.3) is 0 Å². The van der Waals surface area contributed by atoms with Gasteiger partial charge in [-0.15, -0.1) is 0 Å². The molecular formula is C15H24BrN3O. The maximum absolute atomic E-state index is 12.7. The third kappa shape index (κ3) is 2.92. The van der Waals surface area contributed by atoms with Crippen molar-refractivity contribution in [1.82, 2.24) is 15.1 Å². The summed E-state index contributed by atoms with van der Waals surface area (Å²) in [6.45, 7) is 6.11. The molecule has 0 bridgehead atoms. The van der Waals surface area contributed by atoms with Crippen molar-refractivity contribution in [2.45, 2.75) is 52.0 Å². The summed E-state index contributed by atoms with van der Waals surface area (Å²) in [5, 5.41) is 8.43. The first kappa shape index (κ1) is 15.5. The van der Waals surface area contributed by atoms with Crippen molar-refractivity contribution >= 4 is 21.8 Å². The molecule has 20 heavy (non-hydrogen) atoms. The summed E-state index contributed by atoms with van der Waals surface area (Å²) in [5.41, 5.74) is 2.35. The van der Waals surface area contributed by atoms with Gasteiger partial charge in [-0.25, -0.2) is 0 Å². The van der Waals surface area contributed by atoms with Crippen LogP contribution >= 0.6 is 15.9 Å². The zero-order chi connectivity index (χ0) is 14.9. The molecule has 0 saturated heterocycles. The summed E-state index contributed by atoms with van der Waals surface area (Å²) in [5.74, 6) is 0.680. The maximum Gasteiger partial charge on any atom is 0.255 e. The highest BCUT2D eigenvalue weighted by molar-refractivity contribution is 9.09. The van der Waals surface area contributed by atoms with Crippen molar-refractivity contribution in [3.63, 3.8) is 0 Å². The molecule has 2 atom stereocenters. The fourth-order valence-electron chi connectivity index (χ4n) is 3.33. The molecule has 1 aliphatic rings. The summed E-state index contributed by atoms with van der Waals surface area (Å²) in [4.78, 5) is 12.7. The largest absolute Gasteiger partial charge is 0.346 e. The van der Waals surface area contributed by atoms with E-state index in [2.05, 4.69) is 33.3 Å². The van der Waals surface area contributed by atoms with Crippen LogP contribution in [0.15, 0.2) is 0 Å². The summed E-state index contributed by atoms with van der Waals surface area (Å²) in [6.07, 6.45) is 4.53. The molecule has 1 aromatic rings. The lowest BCUT2D eigenvalue weighted by Crippen LogP contribution is -2.52. The van der Waals surface area contributed by atoms with Crippen LogP contribution in [0.2, 0.25) is 0 Å². The van der Waals surface area contributed by atoms with E-state index in [9.17, 15) is 4.79 Å². The predicted molar refractivity (Wildman–Crippen MR) is 84.3 cm³/mol. The van der Waals surface area contributed by atoms with Crippen LogP contribution in [-0.4, -0.2) is 26.6 Å². The molecule has 5 heteroatoms. The Bertz CT molecular complexity index is 511. The Morgan fingerprint density at radius 2 is 2.25 bits per heavy atom. The molecule has 1 amide bonds. The third-order valence-corrected chi connectivity index (χ3v) is 5.54. The van der Waals surface area contributed by atoms with Gasteiger partial charge in [0.05, 0.1) is 16.8 Å². The van der Waals surface area contributed by atoms with Gasteiger partial charge in [0.25, 0.3) is 5.91 Å². The zero-order valence-electron chi connectivity index (χ0n) is 12.8. The van der Waals surface area contributed by atoms with Gasteiger partial charge in [-0.2, -0.15) is 5.10 Å². The second-order valence-electron chi connectivity index (χ2n) is 6.24. The van der Waals surface area contributed by atoms with Crippen LogP contribution in [0.5, 0.6) is 0 Å². The van der Waals surface area contributed by atoms with Gasteiger partial charge in [0.15, 0.2) is 0 Å². The van der Waals surface area contributed by atoms with Gasteiger partial charge in [-0.3, -0.25) is 9.48 Å². The van der Waals surface area contributed by atoms with E-state index in [1.165, 1.54) is 12.8 Å². The van der Waals surface area contributed by atoms with Gasteiger partial charge in [-0.05, 0) is 32.6 Å². The normalized spacial score (nSPS) is 26.6. The van der Waals surface area contributed by atoms with E-state index < -0.39 is 0 Å². The van der Waals surface area contributed by atoms with E-state index in [0.29, 0.717) is 5.92 Å². The average Bonchev–Trinajstić information content (AvgIpc) is 2.63. The van der Waals surface area contributed by atoms with Crippen LogP contribution < -0.4 is 5.32 Å². The lowest BCUT2D eigenvalue weighted by Gasteiger charge is -2.39. The number of aryl methyl sites for hydroxylation is 2.